The number of hydrogen-bond donors (Lipinski definition) is 1. The lowest BCUT2D eigenvalue weighted by Crippen LogP contribution is -2.45. The second kappa shape index (κ2) is 7.70. The van der Waals surface area contributed by atoms with Gasteiger partial charge in [0, 0.05) is 50.1 Å². The molecule has 3 heterocycles. The van der Waals surface area contributed by atoms with Crippen molar-refractivity contribution in [3.63, 3.8) is 0 Å². The zero-order valence-corrected chi connectivity index (χ0v) is 15.6. The van der Waals surface area contributed by atoms with Crippen LogP contribution in [0.3, 0.4) is 0 Å². The first-order chi connectivity index (χ1) is 11.7. The molecule has 1 unspecified atom stereocenters. The average molecular weight is 378 g/mol. The maximum atomic E-state index is 6.10. The Kier molecular flexibility index (Phi) is 5.59. The highest BCUT2D eigenvalue weighted by Gasteiger charge is 2.25. The smallest absolute Gasteiger partial charge is 0.123 e. The Labute approximate surface area is 158 Å². The van der Waals surface area contributed by atoms with E-state index in [1.165, 1.54) is 5.56 Å². The molecule has 0 radical (unpaired) electrons. The van der Waals surface area contributed by atoms with Crippen LogP contribution in [0.2, 0.25) is 5.02 Å². The molecule has 7 heteroatoms. The van der Waals surface area contributed by atoms with E-state index in [4.69, 9.17) is 16.6 Å². The van der Waals surface area contributed by atoms with Crippen LogP contribution in [0.25, 0.3) is 11.0 Å². The molecule has 2 aromatic heterocycles. The second-order valence-electron chi connectivity index (χ2n) is 6.20. The molecule has 5 nitrogen and oxygen atoms in total. The van der Waals surface area contributed by atoms with Crippen LogP contribution in [0.1, 0.15) is 17.4 Å². The maximum absolute atomic E-state index is 6.10. The van der Waals surface area contributed by atoms with Gasteiger partial charge in [-0.3, -0.25) is 9.88 Å². The van der Waals surface area contributed by atoms with Crippen LogP contribution in [-0.4, -0.2) is 39.1 Å². The van der Waals surface area contributed by atoms with Crippen molar-refractivity contribution in [1.82, 2.24) is 24.8 Å². The number of aromatic nitrogens is 3. The lowest BCUT2D eigenvalue weighted by atomic mass is 10.1. The first-order valence-corrected chi connectivity index (χ1v) is 8.56. The summed E-state index contributed by atoms with van der Waals surface area (Å²) in [7, 11) is 2.07. The quantitative estimate of drug-likeness (QED) is 0.761. The Bertz CT molecular complexity index is 849. The van der Waals surface area contributed by atoms with E-state index < -0.39 is 0 Å². The molecule has 0 bridgehead atoms. The van der Waals surface area contributed by atoms with Crippen molar-refractivity contribution in [3.8, 4) is 0 Å². The van der Waals surface area contributed by atoms with Crippen molar-refractivity contribution in [2.45, 2.75) is 12.6 Å². The zero-order chi connectivity index (χ0) is 16.5. The van der Waals surface area contributed by atoms with Gasteiger partial charge in [-0.2, -0.15) is 0 Å². The molecule has 1 N–H and O–H groups in total. The van der Waals surface area contributed by atoms with Crippen LogP contribution < -0.4 is 5.32 Å². The second-order valence-corrected chi connectivity index (χ2v) is 6.63. The van der Waals surface area contributed by atoms with Gasteiger partial charge in [-0.25, -0.2) is 4.98 Å². The van der Waals surface area contributed by atoms with Crippen LogP contribution in [0.15, 0.2) is 42.7 Å². The van der Waals surface area contributed by atoms with Gasteiger partial charge in [0.1, 0.15) is 5.82 Å². The average Bonchev–Trinajstić information content (AvgIpc) is 2.91. The molecular weight excluding hydrogens is 357 g/mol. The number of nitrogens with one attached hydrogen (secondary N) is 1. The van der Waals surface area contributed by atoms with Crippen molar-refractivity contribution < 1.29 is 0 Å². The molecule has 3 aromatic rings. The van der Waals surface area contributed by atoms with E-state index >= 15 is 0 Å². The number of pyridine rings is 1. The molecule has 0 saturated carbocycles. The summed E-state index contributed by atoms with van der Waals surface area (Å²) in [4.78, 5) is 11.5. The van der Waals surface area contributed by atoms with Gasteiger partial charge in [0.15, 0.2) is 0 Å². The normalized spacial score (nSPS) is 18.2. The van der Waals surface area contributed by atoms with E-state index in [9.17, 15) is 0 Å². The standard InChI is InChI=1S/C18H20ClN5.ClH/c1-23-16-5-4-14(19)9-15(16)22-18(23)12-24-8-7-21-11-17(24)13-3-2-6-20-10-13;/h2-6,9-10,17,21H,7-8,11-12H2,1H3;1H. The Morgan fingerprint density at radius 3 is 3.00 bits per heavy atom. The third-order valence-corrected chi connectivity index (χ3v) is 4.94. The van der Waals surface area contributed by atoms with Gasteiger partial charge < -0.3 is 9.88 Å². The van der Waals surface area contributed by atoms with Crippen LogP contribution in [-0.2, 0) is 13.6 Å². The molecule has 0 spiro atoms. The van der Waals surface area contributed by atoms with Crippen molar-refractivity contribution >= 4 is 35.0 Å². The van der Waals surface area contributed by atoms with Gasteiger partial charge in [0.05, 0.1) is 17.6 Å². The topological polar surface area (TPSA) is 46.0 Å². The van der Waals surface area contributed by atoms with Crippen LogP contribution in [0, 0.1) is 0 Å². The number of halogens is 2. The Morgan fingerprint density at radius 2 is 2.20 bits per heavy atom. The number of aryl methyl sites for hydroxylation is 1. The van der Waals surface area contributed by atoms with Crippen LogP contribution in [0.4, 0.5) is 0 Å². The molecule has 1 aliphatic rings. The van der Waals surface area contributed by atoms with Gasteiger partial charge in [0.2, 0.25) is 0 Å². The molecule has 0 aliphatic carbocycles. The molecule has 132 valence electrons. The highest BCUT2D eigenvalue weighted by molar-refractivity contribution is 6.31. The number of hydrogen-bond acceptors (Lipinski definition) is 4. The van der Waals surface area contributed by atoms with E-state index in [0.717, 1.165) is 48.1 Å². The third-order valence-electron chi connectivity index (χ3n) is 4.70. The molecule has 1 aliphatic heterocycles. The molecule has 1 atom stereocenters. The third kappa shape index (κ3) is 3.65. The molecular formula is C18H21Cl2N5. The van der Waals surface area contributed by atoms with Gasteiger partial charge >= 0.3 is 0 Å². The summed E-state index contributed by atoms with van der Waals surface area (Å²) in [5.74, 6) is 1.06. The van der Waals surface area contributed by atoms with Crippen molar-refractivity contribution in [2.24, 2.45) is 7.05 Å². The number of fused-ring (bicyclic) bond motifs is 1. The summed E-state index contributed by atoms with van der Waals surface area (Å²) < 4.78 is 2.16. The Morgan fingerprint density at radius 1 is 1.32 bits per heavy atom. The SMILES string of the molecule is Cl.Cn1c(CN2CCNCC2c2cccnc2)nc2cc(Cl)ccc21. The summed E-state index contributed by atoms with van der Waals surface area (Å²) in [5, 5.41) is 4.21. The van der Waals surface area contributed by atoms with E-state index in [2.05, 4.69) is 32.9 Å². The Balaban J connectivity index is 0.00000182. The van der Waals surface area contributed by atoms with Crippen molar-refractivity contribution in [1.29, 1.82) is 0 Å². The van der Waals surface area contributed by atoms with Gasteiger partial charge in [-0.05, 0) is 29.8 Å². The zero-order valence-electron chi connectivity index (χ0n) is 14.0. The predicted octanol–water partition coefficient (Wildman–Crippen LogP) is 3.19. The largest absolute Gasteiger partial charge is 0.330 e. The number of imidazole rings is 1. The monoisotopic (exact) mass is 377 g/mol. The predicted molar refractivity (Wildman–Crippen MR) is 103 cm³/mol. The lowest BCUT2D eigenvalue weighted by Gasteiger charge is -2.36. The molecule has 1 saturated heterocycles. The van der Waals surface area contributed by atoms with Crippen LogP contribution in [0.5, 0.6) is 0 Å². The first kappa shape index (κ1) is 18.1. The highest BCUT2D eigenvalue weighted by atomic mass is 35.5. The van der Waals surface area contributed by atoms with E-state index in [1.54, 1.807) is 0 Å². The number of nitrogens with zero attached hydrogens (tertiary/aromatic N) is 4. The van der Waals surface area contributed by atoms with E-state index in [-0.39, 0.29) is 12.4 Å². The number of piperazine rings is 1. The molecule has 25 heavy (non-hydrogen) atoms. The summed E-state index contributed by atoms with van der Waals surface area (Å²) in [6.45, 7) is 3.72. The Hall–Kier alpha value is -1.66. The van der Waals surface area contributed by atoms with Gasteiger partial charge in [0.25, 0.3) is 0 Å². The number of rotatable bonds is 3. The van der Waals surface area contributed by atoms with Crippen molar-refractivity contribution in [3.05, 3.63) is 59.1 Å². The number of benzene rings is 1. The van der Waals surface area contributed by atoms with E-state index in [0.29, 0.717) is 6.04 Å². The maximum Gasteiger partial charge on any atom is 0.123 e. The fourth-order valence-electron chi connectivity index (χ4n) is 3.38. The summed E-state index contributed by atoms with van der Waals surface area (Å²) in [6, 6.07) is 10.3. The molecule has 1 fully saturated rings. The molecule has 1 aromatic carbocycles. The van der Waals surface area contributed by atoms with Gasteiger partial charge in [-0.1, -0.05) is 17.7 Å². The fourth-order valence-corrected chi connectivity index (χ4v) is 3.55. The molecule has 4 rings (SSSR count). The lowest BCUT2D eigenvalue weighted by molar-refractivity contribution is 0.148. The minimum atomic E-state index is 0. The summed E-state index contributed by atoms with van der Waals surface area (Å²) >= 11 is 6.10. The summed E-state index contributed by atoms with van der Waals surface area (Å²) in [5.41, 5.74) is 3.31. The van der Waals surface area contributed by atoms with Gasteiger partial charge in [-0.15, -0.1) is 12.4 Å². The highest BCUT2D eigenvalue weighted by Crippen LogP contribution is 2.25. The molecule has 0 amide bonds. The van der Waals surface area contributed by atoms with Crippen molar-refractivity contribution in [2.75, 3.05) is 19.6 Å². The van der Waals surface area contributed by atoms with Crippen LogP contribution >= 0.6 is 24.0 Å². The minimum absolute atomic E-state index is 0. The first-order valence-electron chi connectivity index (χ1n) is 8.18. The minimum Gasteiger partial charge on any atom is -0.330 e. The summed E-state index contributed by atoms with van der Waals surface area (Å²) in [6.07, 6.45) is 3.78. The fraction of sp³-hybridized carbons (Fsp3) is 0.333. The van der Waals surface area contributed by atoms with E-state index in [1.807, 2.05) is 36.7 Å².